The Bertz CT molecular complexity index is 3240. The number of hydrogen-bond donors (Lipinski definition) is 0. The average molecular weight is 751 g/mol. The van der Waals surface area contributed by atoms with Crippen LogP contribution in [0.1, 0.15) is 0 Å². The van der Waals surface area contributed by atoms with E-state index in [1.165, 1.54) is 36.0 Å². The SMILES string of the molecule is c1ccc(-c2nc(-c3ccccc3-c3ccccc3)nc(-c3ccc(-c4cccc5c4sc4ccc6nc(-c7ccccc7)sc6c45)c4ccccc34)n2)cc1. The van der Waals surface area contributed by atoms with Crippen LogP contribution in [-0.2, 0) is 0 Å². The first kappa shape index (κ1) is 32.6. The van der Waals surface area contributed by atoms with Crippen LogP contribution in [-0.4, -0.2) is 19.9 Å². The molecule has 0 saturated carbocycles. The molecule has 3 aromatic heterocycles. The summed E-state index contributed by atoms with van der Waals surface area (Å²) in [5, 5.41) is 5.83. The Morgan fingerprint density at radius 2 is 0.857 bits per heavy atom. The molecule has 0 radical (unpaired) electrons. The van der Waals surface area contributed by atoms with Crippen molar-refractivity contribution in [1.29, 1.82) is 0 Å². The van der Waals surface area contributed by atoms with Crippen molar-refractivity contribution in [3.63, 3.8) is 0 Å². The Kier molecular flexibility index (Phi) is 7.83. The van der Waals surface area contributed by atoms with Crippen LogP contribution in [0, 0.1) is 0 Å². The van der Waals surface area contributed by atoms with Gasteiger partial charge in [-0.25, -0.2) is 19.9 Å². The van der Waals surface area contributed by atoms with Crippen LogP contribution in [0.3, 0.4) is 0 Å². The molecule has 3 heterocycles. The number of thiazole rings is 1. The molecule has 4 nitrogen and oxygen atoms in total. The maximum Gasteiger partial charge on any atom is 0.164 e. The normalized spacial score (nSPS) is 11.6. The summed E-state index contributed by atoms with van der Waals surface area (Å²) in [7, 11) is 0. The third-order valence-corrected chi connectivity index (χ3v) is 12.8. The summed E-state index contributed by atoms with van der Waals surface area (Å²) >= 11 is 3.63. The Morgan fingerprint density at radius 1 is 0.304 bits per heavy atom. The lowest BCUT2D eigenvalue weighted by atomic mass is 9.93. The van der Waals surface area contributed by atoms with Crippen LogP contribution in [0.15, 0.2) is 182 Å². The monoisotopic (exact) mass is 750 g/mol. The van der Waals surface area contributed by atoms with Crippen LogP contribution in [0.2, 0.25) is 0 Å². The highest BCUT2D eigenvalue weighted by Crippen LogP contribution is 2.47. The lowest BCUT2D eigenvalue weighted by Gasteiger charge is -2.14. The van der Waals surface area contributed by atoms with E-state index in [4.69, 9.17) is 19.9 Å². The van der Waals surface area contributed by atoms with Crippen molar-refractivity contribution in [2.45, 2.75) is 0 Å². The fourth-order valence-corrected chi connectivity index (χ4v) is 10.2. The zero-order valence-electron chi connectivity index (χ0n) is 29.9. The second kappa shape index (κ2) is 13.5. The lowest BCUT2D eigenvalue weighted by Crippen LogP contribution is -2.01. The molecule has 11 rings (SSSR count). The van der Waals surface area contributed by atoms with Crippen LogP contribution in [0.25, 0.3) is 108 Å². The van der Waals surface area contributed by atoms with Gasteiger partial charge in [0.05, 0.1) is 10.2 Å². The van der Waals surface area contributed by atoms with E-state index in [0.29, 0.717) is 17.5 Å². The minimum absolute atomic E-state index is 0.640. The van der Waals surface area contributed by atoms with Crippen LogP contribution >= 0.6 is 22.7 Å². The summed E-state index contributed by atoms with van der Waals surface area (Å²) in [6.07, 6.45) is 0. The molecule has 0 atom stereocenters. The van der Waals surface area contributed by atoms with Crippen molar-refractivity contribution in [3.8, 4) is 67.0 Å². The number of rotatable bonds is 6. The molecule has 8 aromatic carbocycles. The topological polar surface area (TPSA) is 51.6 Å². The summed E-state index contributed by atoms with van der Waals surface area (Å²) in [6, 6.07) is 63.6. The summed E-state index contributed by atoms with van der Waals surface area (Å²) in [4.78, 5) is 20.6. The largest absolute Gasteiger partial charge is 0.236 e. The quantitative estimate of drug-likeness (QED) is 0.170. The predicted octanol–water partition coefficient (Wildman–Crippen LogP) is 14.0. The first-order chi connectivity index (χ1) is 27.8. The van der Waals surface area contributed by atoms with Gasteiger partial charge in [-0.2, -0.15) is 0 Å². The Morgan fingerprint density at radius 3 is 1.61 bits per heavy atom. The molecule has 0 saturated heterocycles. The van der Waals surface area contributed by atoms with Crippen molar-refractivity contribution in [2.24, 2.45) is 0 Å². The Labute approximate surface area is 331 Å². The Balaban J connectivity index is 1.10. The molecule has 56 heavy (non-hydrogen) atoms. The molecule has 0 fully saturated rings. The van der Waals surface area contributed by atoms with E-state index in [9.17, 15) is 0 Å². The third kappa shape index (κ3) is 5.50. The molecule has 0 aliphatic heterocycles. The minimum Gasteiger partial charge on any atom is -0.236 e. The van der Waals surface area contributed by atoms with Gasteiger partial charge in [0.15, 0.2) is 17.5 Å². The third-order valence-electron chi connectivity index (χ3n) is 10.4. The van der Waals surface area contributed by atoms with E-state index in [-0.39, 0.29) is 0 Å². The van der Waals surface area contributed by atoms with Crippen molar-refractivity contribution in [3.05, 3.63) is 182 Å². The number of nitrogens with zero attached hydrogens (tertiary/aromatic N) is 4. The van der Waals surface area contributed by atoms with E-state index in [1.807, 2.05) is 41.7 Å². The van der Waals surface area contributed by atoms with E-state index in [0.717, 1.165) is 54.7 Å². The first-order valence-electron chi connectivity index (χ1n) is 18.6. The molecule has 6 heteroatoms. The standard InChI is InChI=1S/C50H30N4S2/c1-4-15-31(16-5-1)34-21-10-13-24-39(34)48-52-47(32-17-6-2-7-18-32)53-49(54-48)40-28-27-37(35-22-11-12-23-36(35)40)38-25-14-26-41-44-43(55-45(38)41)30-29-42-46(44)56-50(51-42)33-19-8-3-9-20-33/h1-30H. The number of benzene rings is 8. The van der Waals surface area contributed by atoms with E-state index < -0.39 is 0 Å². The highest BCUT2D eigenvalue weighted by Gasteiger charge is 2.20. The van der Waals surface area contributed by atoms with Crippen LogP contribution < -0.4 is 0 Å². The number of aromatic nitrogens is 4. The molecule has 0 N–H and O–H groups in total. The van der Waals surface area contributed by atoms with E-state index in [2.05, 4.69) is 152 Å². The van der Waals surface area contributed by atoms with Gasteiger partial charge in [0.2, 0.25) is 0 Å². The summed E-state index contributed by atoms with van der Waals surface area (Å²) in [5.74, 6) is 1.92. The van der Waals surface area contributed by atoms with Gasteiger partial charge in [0, 0.05) is 48.0 Å². The average Bonchev–Trinajstić information content (AvgIpc) is 3.89. The van der Waals surface area contributed by atoms with Crippen LogP contribution in [0.4, 0.5) is 0 Å². The number of fused-ring (bicyclic) bond motifs is 6. The summed E-state index contributed by atoms with van der Waals surface area (Å²) in [5.41, 5.74) is 9.64. The molecule has 0 bridgehead atoms. The second-order valence-corrected chi connectivity index (χ2v) is 15.8. The van der Waals surface area contributed by atoms with Gasteiger partial charge in [-0.15, -0.1) is 22.7 Å². The molecule has 0 aliphatic carbocycles. The van der Waals surface area contributed by atoms with Crippen molar-refractivity contribution >= 4 is 63.8 Å². The fraction of sp³-hybridized carbons (Fsp3) is 0. The Hall–Kier alpha value is -6.86. The summed E-state index contributed by atoms with van der Waals surface area (Å²) in [6.45, 7) is 0. The molecular weight excluding hydrogens is 721 g/mol. The zero-order chi connectivity index (χ0) is 37.0. The first-order valence-corrected chi connectivity index (χ1v) is 20.2. The number of hydrogen-bond acceptors (Lipinski definition) is 6. The van der Waals surface area contributed by atoms with E-state index >= 15 is 0 Å². The highest BCUT2D eigenvalue weighted by molar-refractivity contribution is 7.28. The van der Waals surface area contributed by atoms with Gasteiger partial charge in [-0.1, -0.05) is 164 Å². The maximum atomic E-state index is 5.24. The molecule has 0 aliphatic rings. The predicted molar refractivity (Wildman–Crippen MR) is 236 cm³/mol. The molecule has 262 valence electrons. The van der Waals surface area contributed by atoms with Crippen molar-refractivity contribution < 1.29 is 0 Å². The molecule has 0 amide bonds. The van der Waals surface area contributed by atoms with Crippen molar-refractivity contribution in [1.82, 2.24) is 19.9 Å². The van der Waals surface area contributed by atoms with Gasteiger partial charge in [0.1, 0.15) is 5.01 Å². The van der Waals surface area contributed by atoms with Crippen molar-refractivity contribution in [2.75, 3.05) is 0 Å². The molecule has 0 spiro atoms. The number of thiophene rings is 1. The van der Waals surface area contributed by atoms with Gasteiger partial charge in [-0.05, 0) is 45.7 Å². The maximum absolute atomic E-state index is 5.24. The molecule has 0 unspecified atom stereocenters. The summed E-state index contributed by atoms with van der Waals surface area (Å²) < 4.78 is 3.78. The fourth-order valence-electron chi connectivity index (χ4n) is 7.79. The zero-order valence-corrected chi connectivity index (χ0v) is 31.6. The highest BCUT2D eigenvalue weighted by atomic mass is 32.1. The van der Waals surface area contributed by atoms with Gasteiger partial charge < -0.3 is 0 Å². The molecular formula is C50H30N4S2. The minimum atomic E-state index is 0.640. The van der Waals surface area contributed by atoms with E-state index in [1.54, 1.807) is 11.3 Å². The smallest absolute Gasteiger partial charge is 0.164 e. The molecule has 11 aromatic rings. The van der Waals surface area contributed by atoms with Gasteiger partial charge >= 0.3 is 0 Å². The van der Waals surface area contributed by atoms with Gasteiger partial charge in [-0.3, -0.25) is 0 Å². The van der Waals surface area contributed by atoms with Crippen LogP contribution in [0.5, 0.6) is 0 Å². The second-order valence-electron chi connectivity index (χ2n) is 13.7. The van der Waals surface area contributed by atoms with Gasteiger partial charge in [0.25, 0.3) is 0 Å². The lowest BCUT2D eigenvalue weighted by molar-refractivity contribution is 1.08.